The van der Waals surface area contributed by atoms with Crippen molar-refractivity contribution in [2.75, 3.05) is 0 Å². The molecule has 0 spiro atoms. The van der Waals surface area contributed by atoms with E-state index in [1.807, 2.05) is 24.3 Å². The second-order valence-electron chi connectivity index (χ2n) is 4.57. The van der Waals surface area contributed by atoms with Gasteiger partial charge in [0.25, 0.3) is 5.89 Å². The molecule has 0 amide bonds. The molecule has 88 valence electrons. The first-order valence-electron chi connectivity index (χ1n) is 5.97. The molecular weight excluding hydrogens is 214 g/mol. The van der Waals surface area contributed by atoms with E-state index in [1.165, 1.54) is 12.8 Å². The standard InChI is InChI=1S/C13H15N3O/c14-8-10-2-1-3-11(6-10)13-15-12(16-17-13)7-9-4-5-9/h1-3,6,9H,4-5,7-8,14H2. The Morgan fingerprint density at radius 2 is 2.24 bits per heavy atom. The van der Waals surface area contributed by atoms with Gasteiger partial charge < -0.3 is 10.3 Å². The Morgan fingerprint density at radius 1 is 1.35 bits per heavy atom. The molecule has 1 aliphatic rings. The van der Waals surface area contributed by atoms with E-state index in [9.17, 15) is 0 Å². The molecule has 0 radical (unpaired) electrons. The van der Waals surface area contributed by atoms with E-state index < -0.39 is 0 Å². The van der Waals surface area contributed by atoms with Gasteiger partial charge in [-0.1, -0.05) is 17.3 Å². The Bertz CT molecular complexity index is 517. The zero-order chi connectivity index (χ0) is 11.7. The van der Waals surface area contributed by atoms with Crippen LogP contribution in [0.15, 0.2) is 28.8 Å². The van der Waals surface area contributed by atoms with Crippen molar-refractivity contribution in [1.29, 1.82) is 0 Å². The topological polar surface area (TPSA) is 64.9 Å². The first-order valence-corrected chi connectivity index (χ1v) is 5.97. The van der Waals surface area contributed by atoms with Gasteiger partial charge in [0, 0.05) is 18.5 Å². The van der Waals surface area contributed by atoms with Crippen molar-refractivity contribution in [3.63, 3.8) is 0 Å². The van der Waals surface area contributed by atoms with Gasteiger partial charge in [-0.3, -0.25) is 0 Å². The Kier molecular flexibility index (Phi) is 2.65. The quantitative estimate of drug-likeness (QED) is 0.872. The lowest BCUT2D eigenvalue weighted by molar-refractivity contribution is 0.421. The summed E-state index contributed by atoms with van der Waals surface area (Å²) in [4.78, 5) is 4.42. The highest BCUT2D eigenvalue weighted by Crippen LogP contribution is 2.32. The molecule has 0 unspecified atom stereocenters. The average molecular weight is 229 g/mol. The van der Waals surface area contributed by atoms with Crippen LogP contribution in [-0.4, -0.2) is 10.1 Å². The molecule has 1 aromatic heterocycles. The zero-order valence-corrected chi connectivity index (χ0v) is 9.60. The summed E-state index contributed by atoms with van der Waals surface area (Å²) in [6.45, 7) is 0.525. The van der Waals surface area contributed by atoms with Gasteiger partial charge in [-0.15, -0.1) is 0 Å². The summed E-state index contributed by atoms with van der Waals surface area (Å²) in [7, 11) is 0. The smallest absolute Gasteiger partial charge is 0.257 e. The molecule has 0 bridgehead atoms. The number of aromatic nitrogens is 2. The number of nitrogens with two attached hydrogens (primary N) is 1. The fourth-order valence-corrected chi connectivity index (χ4v) is 1.87. The molecule has 3 rings (SSSR count). The minimum atomic E-state index is 0.525. The normalized spacial score (nSPS) is 15.1. The molecule has 4 heteroatoms. The van der Waals surface area contributed by atoms with Crippen LogP contribution < -0.4 is 5.73 Å². The lowest BCUT2D eigenvalue weighted by atomic mass is 10.1. The molecule has 17 heavy (non-hydrogen) atoms. The monoisotopic (exact) mass is 229 g/mol. The highest BCUT2D eigenvalue weighted by atomic mass is 16.5. The molecular formula is C13H15N3O. The number of hydrogen-bond acceptors (Lipinski definition) is 4. The van der Waals surface area contributed by atoms with Gasteiger partial charge in [0.2, 0.25) is 0 Å². The van der Waals surface area contributed by atoms with Gasteiger partial charge in [0.1, 0.15) is 0 Å². The first kappa shape index (κ1) is 10.5. The number of hydrogen-bond donors (Lipinski definition) is 1. The van der Waals surface area contributed by atoms with Crippen LogP contribution in [0.25, 0.3) is 11.5 Å². The minimum Gasteiger partial charge on any atom is -0.334 e. The highest BCUT2D eigenvalue weighted by molar-refractivity contribution is 5.53. The van der Waals surface area contributed by atoms with Gasteiger partial charge in [0.05, 0.1) is 0 Å². The van der Waals surface area contributed by atoms with Crippen molar-refractivity contribution in [3.8, 4) is 11.5 Å². The second-order valence-corrected chi connectivity index (χ2v) is 4.57. The summed E-state index contributed by atoms with van der Waals surface area (Å²) >= 11 is 0. The van der Waals surface area contributed by atoms with Crippen LogP contribution in [0.1, 0.15) is 24.2 Å². The van der Waals surface area contributed by atoms with Crippen LogP contribution in [0.5, 0.6) is 0 Å². The lowest BCUT2D eigenvalue weighted by Crippen LogP contribution is -1.95. The number of benzene rings is 1. The Morgan fingerprint density at radius 3 is 3.00 bits per heavy atom. The molecule has 0 atom stereocenters. The average Bonchev–Trinajstić information content (AvgIpc) is 3.05. The van der Waals surface area contributed by atoms with E-state index in [4.69, 9.17) is 10.3 Å². The Labute approximate surface area is 99.8 Å². The molecule has 1 aliphatic carbocycles. The van der Waals surface area contributed by atoms with Crippen molar-refractivity contribution in [1.82, 2.24) is 10.1 Å². The molecule has 0 aliphatic heterocycles. The summed E-state index contributed by atoms with van der Waals surface area (Å²) < 4.78 is 5.28. The minimum absolute atomic E-state index is 0.525. The van der Waals surface area contributed by atoms with Crippen LogP contribution >= 0.6 is 0 Å². The van der Waals surface area contributed by atoms with E-state index in [2.05, 4.69) is 10.1 Å². The van der Waals surface area contributed by atoms with E-state index in [1.54, 1.807) is 0 Å². The maximum atomic E-state index is 5.61. The van der Waals surface area contributed by atoms with Crippen LogP contribution in [0.2, 0.25) is 0 Å². The van der Waals surface area contributed by atoms with Gasteiger partial charge in [0.15, 0.2) is 5.82 Å². The van der Waals surface area contributed by atoms with Crippen molar-refractivity contribution in [3.05, 3.63) is 35.7 Å². The van der Waals surface area contributed by atoms with Gasteiger partial charge in [-0.25, -0.2) is 0 Å². The van der Waals surface area contributed by atoms with Crippen LogP contribution in [0.3, 0.4) is 0 Å². The summed E-state index contributed by atoms with van der Waals surface area (Å²) in [5, 5.41) is 4.01. The predicted molar refractivity (Wildman–Crippen MR) is 64.1 cm³/mol. The highest BCUT2D eigenvalue weighted by Gasteiger charge is 2.24. The molecule has 2 aromatic rings. The zero-order valence-electron chi connectivity index (χ0n) is 9.60. The van der Waals surface area contributed by atoms with Crippen LogP contribution in [0, 0.1) is 5.92 Å². The Hall–Kier alpha value is -1.68. The predicted octanol–water partition coefficient (Wildman–Crippen LogP) is 2.15. The summed E-state index contributed by atoms with van der Waals surface area (Å²) in [5.74, 6) is 2.19. The third-order valence-corrected chi connectivity index (χ3v) is 3.05. The van der Waals surface area contributed by atoms with E-state index in [-0.39, 0.29) is 0 Å². The van der Waals surface area contributed by atoms with Crippen LogP contribution in [-0.2, 0) is 13.0 Å². The summed E-state index contributed by atoms with van der Waals surface area (Å²) in [6, 6.07) is 7.91. The first-order chi connectivity index (χ1) is 8.35. The fraction of sp³-hybridized carbons (Fsp3) is 0.385. The maximum absolute atomic E-state index is 5.61. The molecule has 2 N–H and O–H groups in total. The van der Waals surface area contributed by atoms with Gasteiger partial charge in [-0.2, -0.15) is 4.98 Å². The molecule has 1 aromatic carbocycles. The lowest BCUT2D eigenvalue weighted by Gasteiger charge is -1.98. The largest absolute Gasteiger partial charge is 0.334 e. The van der Waals surface area contributed by atoms with Gasteiger partial charge in [-0.05, 0) is 36.5 Å². The van der Waals surface area contributed by atoms with Crippen molar-refractivity contribution < 1.29 is 4.52 Å². The van der Waals surface area contributed by atoms with Crippen molar-refractivity contribution >= 4 is 0 Å². The molecule has 1 saturated carbocycles. The SMILES string of the molecule is NCc1cccc(-c2nc(CC3CC3)no2)c1. The number of rotatable bonds is 4. The number of nitrogens with zero attached hydrogens (tertiary/aromatic N) is 2. The Balaban J connectivity index is 1.83. The van der Waals surface area contributed by atoms with Crippen LogP contribution in [0.4, 0.5) is 0 Å². The fourth-order valence-electron chi connectivity index (χ4n) is 1.87. The van der Waals surface area contributed by atoms with Gasteiger partial charge >= 0.3 is 0 Å². The van der Waals surface area contributed by atoms with E-state index in [0.717, 1.165) is 29.3 Å². The van der Waals surface area contributed by atoms with E-state index in [0.29, 0.717) is 12.4 Å². The van der Waals surface area contributed by atoms with Crippen molar-refractivity contribution in [2.45, 2.75) is 25.8 Å². The summed E-state index contributed by atoms with van der Waals surface area (Å²) in [6.07, 6.45) is 3.54. The molecule has 0 saturated heterocycles. The third kappa shape index (κ3) is 2.36. The molecule has 1 heterocycles. The van der Waals surface area contributed by atoms with Crippen molar-refractivity contribution in [2.24, 2.45) is 11.7 Å². The van der Waals surface area contributed by atoms with E-state index >= 15 is 0 Å². The molecule has 4 nitrogen and oxygen atoms in total. The second kappa shape index (κ2) is 4.30. The maximum Gasteiger partial charge on any atom is 0.257 e. The molecule has 1 fully saturated rings. The summed E-state index contributed by atoms with van der Waals surface area (Å²) in [5.41, 5.74) is 7.63. The third-order valence-electron chi connectivity index (χ3n) is 3.05.